The predicted molar refractivity (Wildman–Crippen MR) is 80.3 cm³/mol. The van der Waals surface area contributed by atoms with Gasteiger partial charge < -0.3 is 10.6 Å². The smallest absolute Gasteiger partial charge is 0.256 e. The van der Waals surface area contributed by atoms with Crippen LogP contribution in [0.15, 0.2) is 30.6 Å². The minimum absolute atomic E-state index is 0.0723. The number of hydrogen-bond acceptors (Lipinski definition) is 4. The quantitative estimate of drug-likeness (QED) is 0.902. The maximum atomic E-state index is 12.2. The summed E-state index contributed by atoms with van der Waals surface area (Å²) in [5, 5.41) is 10.6. The Hall–Kier alpha value is -2.37. The fraction of sp³-hybridized carbons (Fsp3) is 0.400. The molecule has 6 nitrogen and oxygen atoms in total. The summed E-state index contributed by atoms with van der Waals surface area (Å²) < 4.78 is 1.86. The van der Waals surface area contributed by atoms with Gasteiger partial charge in [-0.25, -0.2) is 4.68 Å². The molecule has 0 saturated carbocycles. The van der Waals surface area contributed by atoms with E-state index in [1.807, 2.05) is 36.7 Å². The number of fused-ring (bicyclic) bond motifs is 1. The first-order chi connectivity index (χ1) is 10.2. The van der Waals surface area contributed by atoms with Crippen LogP contribution in [0.2, 0.25) is 0 Å². The van der Waals surface area contributed by atoms with E-state index in [1.165, 1.54) is 0 Å². The maximum absolute atomic E-state index is 12.2. The second-order valence-corrected chi connectivity index (χ2v) is 5.47. The van der Waals surface area contributed by atoms with Gasteiger partial charge in [-0.3, -0.25) is 9.78 Å². The van der Waals surface area contributed by atoms with Crippen molar-refractivity contribution in [3.05, 3.63) is 41.9 Å². The number of rotatable bonds is 3. The number of aromatic nitrogens is 3. The SMILES string of the molecule is CC(C)NC(=O)c1cnn2c1NCCC2c1ccccn1. The van der Waals surface area contributed by atoms with E-state index in [9.17, 15) is 4.79 Å². The molecule has 0 aromatic carbocycles. The molecule has 1 unspecified atom stereocenters. The van der Waals surface area contributed by atoms with Gasteiger partial charge in [0.25, 0.3) is 5.91 Å². The molecule has 0 aliphatic carbocycles. The minimum Gasteiger partial charge on any atom is -0.369 e. The summed E-state index contributed by atoms with van der Waals surface area (Å²) in [7, 11) is 0. The second kappa shape index (κ2) is 5.55. The molecule has 0 fully saturated rings. The topological polar surface area (TPSA) is 71.8 Å². The fourth-order valence-corrected chi connectivity index (χ4v) is 2.58. The van der Waals surface area contributed by atoms with Crippen LogP contribution in [0, 0.1) is 0 Å². The number of nitrogens with one attached hydrogen (secondary N) is 2. The Morgan fingerprint density at radius 2 is 2.33 bits per heavy atom. The third-order valence-corrected chi connectivity index (χ3v) is 3.49. The molecule has 1 aliphatic rings. The van der Waals surface area contributed by atoms with E-state index >= 15 is 0 Å². The lowest BCUT2D eigenvalue weighted by molar-refractivity contribution is 0.0944. The van der Waals surface area contributed by atoms with Gasteiger partial charge in [-0.2, -0.15) is 5.10 Å². The summed E-state index contributed by atoms with van der Waals surface area (Å²) in [6, 6.07) is 6.04. The zero-order chi connectivity index (χ0) is 14.8. The van der Waals surface area contributed by atoms with Crippen molar-refractivity contribution in [1.82, 2.24) is 20.1 Å². The largest absolute Gasteiger partial charge is 0.369 e. The monoisotopic (exact) mass is 285 g/mol. The van der Waals surface area contributed by atoms with Crippen molar-refractivity contribution in [1.29, 1.82) is 0 Å². The predicted octanol–water partition coefficient (Wildman–Crippen LogP) is 1.82. The zero-order valence-electron chi connectivity index (χ0n) is 12.2. The van der Waals surface area contributed by atoms with Gasteiger partial charge in [0.15, 0.2) is 0 Å². The lowest BCUT2D eigenvalue weighted by Crippen LogP contribution is -2.32. The van der Waals surface area contributed by atoms with Crippen molar-refractivity contribution >= 4 is 11.7 Å². The Balaban J connectivity index is 1.94. The number of nitrogens with zero attached hydrogens (tertiary/aromatic N) is 3. The van der Waals surface area contributed by atoms with Crippen LogP contribution in [0.1, 0.15) is 42.4 Å². The molecule has 1 aliphatic heterocycles. The van der Waals surface area contributed by atoms with Gasteiger partial charge in [0, 0.05) is 18.8 Å². The summed E-state index contributed by atoms with van der Waals surface area (Å²) in [5.74, 6) is 0.676. The molecule has 1 atom stereocenters. The Bertz CT molecular complexity index is 635. The summed E-state index contributed by atoms with van der Waals surface area (Å²) in [6.07, 6.45) is 4.31. The average Bonchev–Trinajstić information content (AvgIpc) is 2.91. The van der Waals surface area contributed by atoms with Gasteiger partial charge in [-0.15, -0.1) is 0 Å². The molecule has 0 spiro atoms. The van der Waals surface area contributed by atoms with Crippen LogP contribution in [0.25, 0.3) is 0 Å². The van der Waals surface area contributed by atoms with E-state index in [4.69, 9.17) is 0 Å². The third kappa shape index (κ3) is 2.61. The van der Waals surface area contributed by atoms with E-state index in [-0.39, 0.29) is 18.0 Å². The zero-order valence-corrected chi connectivity index (χ0v) is 12.2. The molecule has 2 N–H and O–H groups in total. The van der Waals surface area contributed by atoms with Gasteiger partial charge >= 0.3 is 0 Å². The van der Waals surface area contributed by atoms with Crippen molar-refractivity contribution in [3.63, 3.8) is 0 Å². The first kappa shape index (κ1) is 13.6. The van der Waals surface area contributed by atoms with Crippen molar-refractivity contribution in [2.45, 2.75) is 32.4 Å². The van der Waals surface area contributed by atoms with Crippen LogP contribution in [0.3, 0.4) is 0 Å². The summed E-state index contributed by atoms with van der Waals surface area (Å²) in [4.78, 5) is 16.6. The fourth-order valence-electron chi connectivity index (χ4n) is 2.58. The van der Waals surface area contributed by atoms with Gasteiger partial charge in [-0.05, 0) is 32.4 Å². The van der Waals surface area contributed by atoms with E-state index in [0.29, 0.717) is 5.56 Å². The highest BCUT2D eigenvalue weighted by atomic mass is 16.1. The molecule has 110 valence electrons. The van der Waals surface area contributed by atoms with Gasteiger partial charge in [0.2, 0.25) is 0 Å². The Kier molecular flexibility index (Phi) is 3.60. The molecule has 2 aromatic rings. The highest BCUT2D eigenvalue weighted by Crippen LogP contribution is 2.30. The summed E-state index contributed by atoms with van der Waals surface area (Å²) in [6.45, 7) is 4.69. The molecule has 1 amide bonds. The Labute approximate surface area is 123 Å². The maximum Gasteiger partial charge on any atom is 0.256 e. The molecule has 0 bridgehead atoms. The molecular weight excluding hydrogens is 266 g/mol. The van der Waals surface area contributed by atoms with Crippen molar-refractivity contribution in [2.75, 3.05) is 11.9 Å². The van der Waals surface area contributed by atoms with E-state index < -0.39 is 0 Å². The Morgan fingerprint density at radius 1 is 1.48 bits per heavy atom. The highest BCUT2D eigenvalue weighted by molar-refractivity contribution is 5.99. The van der Waals surface area contributed by atoms with Crippen molar-refractivity contribution in [3.8, 4) is 0 Å². The number of hydrogen-bond donors (Lipinski definition) is 2. The molecule has 21 heavy (non-hydrogen) atoms. The van der Waals surface area contributed by atoms with Crippen LogP contribution in [0.5, 0.6) is 0 Å². The molecule has 3 rings (SSSR count). The number of pyridine rings is 1. The first-order valence-corrected chi connectivity index (χ1v) is 7.20. The lowest BCUT2D eigenvalue weighted by atomic mass is 10.1. The highest BCUT2D eigenvalue weighted by Gasteiger charge is 2.27. The molecule has 3 heterocycles. The normalized spacial score (nSPS) is 17.2. The van der Waals surface area contributed by atoms with Gasteiger partial charge in [0.05, 0.1) is 17.9 Å². The van der Waals surface area contributed by atoms with Crippen molar-refractivity contribution < 1.29 is 4.79 Å². The van der Waals surface area contributed by atoms with Gasteiger partial charge in [0.1, 0.15) is 11.4 Å². The van der Waals surface area contributed by atoms with E-state index in [2.05, 4.69) is 20.7 Å². The summed E-state index contributed by atoms with van der Waals surface area (Å²) in [5.41, 5.74) is 1.56. The molecule has 2 aromatic heterocycles. The third-order valence-electron chi connectivity index (χ3n) is 3.49. The van der Waals surface area contributed by atoms with Crippen LogP contribution in [0.4, 0.5) is 5.82 Å². The van der Waals surface area contributed by atoms with Crippen LogP contribution < -0.4 is 10.6 Å². The molecule has 0 radical (unpaired) electrons. The van der Waals surface area contributed by atoms with Crippen LogP contribution in [-0.4, -0.2) is 33.3 Å². The number of amides is 1. The van der Waals surface area contributed by atoms with Crippen LogP contribution >= 0.6 is 0 Å². The van der Waals surface area contributed by atoms with Crippen molar-refractivity contribution in [2.24, 2.45) is 0 Å². The molecule has 0 saturated heterocycles. The number of carbonyl (C=O) groups is 1. The first-order valence-electron chi connectivity index (χ1n) is 7.20. The van der Waals surface area contributed by atoms with Crippen LogP contribution in [-0.2, 0) is 0 Å². The number of carbonyl (C=O) groups excluding carboxylic acids is 1. The van der Waals surface area contributed by atoms with Gasteiger partial charge in [-0.1, -0.05) is 6.07 Å². The van der Waals surface area contributed by atoms with E-state index in [1.54, 1.807) is 12.4 Å². The van der Waals surface area contributed by atoms with E-state index in [0.717, 1.165) is 24.5 Å². The standard InChI is InChI=1S/C15H19N5O/c1-10(2)19-15(21)11-9-18-20-13(6-8-17-14(11)20)12-5-3-4-7-16-12/h3-5,7,9-10,13,17H,6,8H2,1-2H3,(H,19,21). The summed E-state index contributed by atoms with van der Waals surface area (Å²) >= 11 is 0. The average molecular weight is 285 g/mol. The molecule has 6 heteroatoms. The Morgan fingerprint density at radius 3 is 3.05 bits per heavy atom. The molecular formula is C15H19N5O. The lowest BCUT2D eigenvalue weighted by Gasteiger charge is -2.26. The second-order valence-electron chi connectivity index (χ2n) is 5.47. The number of anilines is 1. The minimum atomic E-state index is -0.0968.